The largest absolute Gasteiger partial charge is 0.447 e. The molecule has 0 aliphatic carbocycles. The molecule has 0 bridgehead atoms. The molecule has 0 radical (unpaired) electrons. The van der Waals surface area contributed by atoms with E-state index in [0.29, 0.717) is 43.4 Å². The zero-order chi connectivity index (χ0) is 27.1. The average molecular weight is 534 g/mol. The first-order valence-corrected chi connectivity index (χ1v) is 13.4. The number of hydrogen-bond acceptors (Lipinski definition) is 10. The molecule has 1 amide bonds. The van der Waals surface area contributed by atoms with Crippen molar-refractivity contribution in [2.75, 3.05) is 62.1 Å². The molecule has 3 aromatic rings. The molecule has 39 heavy (non-hydrogen) atoms. The number of aromatic nitrogens is 5. The molecular formula is C27H35N9O3. The third-order valence-electron chi connectivity index (χ3n) is 7.89. The van der Waals surface area contributed by atoms with Crippen molar-refractivity contribution in [3.8, 4) is 0 Å². The van der Waals surface area contributed by atoms with Crippen LogP contribution in [0.3, 0.4) is 0 Å². The van der Waals surface area contributed by atoms with Crippen LogP contribution in [0.1, 0.15) is 38.3 Å². The van der Waals surface area contributed by atoms with E-state index in [-0.39, 0.29) is 17.6 Å². The molecule has 12 heteroatoms. The summed E-state index contributed by atoms with van der Waals surface area (Å²) in [5, 5.41) is 7.94. The van der Waals surface area contributed by atoms with Crippen molar-refractivity contribution < 1.29 is 14.3 Å². The maximum atomic E-state index is 12.3. The second kappa shape index (κ2) is 10.1. The van der Waals surface area contributed by atoms with Crippen molar-refractivity contribution in [2.45, 2.75) is 44.2 Å². The molecule has 0 saturated carbocycles. The number of pyridine rings is 1. The number of hydrogen-bond donors (Lipinski definition) is 1. The summed E-state index contributed by atoms with van der Waals surface area (Å²) < 4.78 is 12.9. The van der Waals surface area contributed by atoms with E-state index in [9.17, 15) is 4.79 Å². The highest BCUT2D eigenvalue weighted by molar-refractivity contribution is 5.89. The summed E-state index contributed by atoms with van der Waals surface area (Å²) >= 11 is 0. The normalized spacial score (nSPS) is 23.8. The number of rotatable bonds is 7. The molecule has 2 fully saturated rings. The zero-order valence-electron chi connectivity index (χ0n) is 22.9. The Labute approximate surface area is 227 Å². The van der Waals surface area contributed by atoms with Gasteiger partial charge in [0, 0.05) is 37.0 Å². The molecule has 206 valence electrons. The van der Waals surface area contributed by atoms with E-state index < -0.39 is 0 Å². The number of likely N-dealkylation sites (tertiary alicyclic amines) is 1. The number of nitrogens with zero attached hydrogens (tertiary/aromatic N) is 8. The van der Waals surface area contributed by atoms with Crippen LogP contribution in [0, 0.1) is 0 Å². The van der Waals surface area contributed by atoms with E-state index in [2.05, 4.69) is 39.2 Å². The van der Waals surface area contributed by atoms with Crippen LogP contribution in [0.15, 0.2) is 36.8 Å². The van der Waals surface area contributed by atoms with E-state index in [1.807, 2.05) is 48.4 Å². The highest BCUT2D eigenvalue weighted by Gasteiger charge is 2.42. The highest BCUT2D eigenvalue weighted by Crippen LogP contribution is 2.43. The molecule has 0 spiro atoms. The van der Waals surface area contributed by atoms with E-state index in [4.69, 9.17) is 19.4 Å². The van der Waals surface area contributed by atoms with Gasteiger partial charge in [-0.2, -0.15) is 10.1 Å². The molecule has 3 aliphatic rings. The number of methoxy groups -OCH3 is 1. The van der Waals surface area contributed by atoms with Crippen molar-refractivity contribution in [1.29, 1.82) is 0 Å². The fourth-order valence-electron chi connectivity index (χ4n) is 5.73. The number of nitrogens with one attached hydrogen (secondary N) is 1. The number of fused-ring (bicyclic) bond motifs is 1. The van der Waals surface area contributed by atoms with Gasteiger partial charge >= 0.3 is 6.09 Å². The standard InChI is InChI=1S/C27H35N9O3/c1-18-15-39-26(37)36(18)23-7-5-6-22(31-23)34-16-27(2,17-38-4)21-13-28-25(32-24(21)34)30-19-12-29-35(14-19)20-8-10-33(3)11-9-20/h5-7,12-14,18,20H,8-11,15-17H2,1-4H3,(H,28,30,32)/t18-,27?/m0/s1. The fourth-order valence-corrected chi connectivity index (χ4v) is 5.73. The van der Waals surface area contributed by atoms with E-state index in [0.717, 1.165) is 43.0 Å². The Morgan fingerprint density at radius 3 is 2.72 bits per heavy atom. The minimum Gasteiger partial charge on any atom is -0.447 e. The van der Waals surface area contributed by atoms with Crippen LogP contribution in [-0.4, -0.2) is 88.8 Å². The van der Waals surface area contributed by atoms with Gasteiger partial charge in [0.25, 0.3) is 0 Å². The van der Waals surface area contributed by atoms with Crippen molar-refractivity contribution in [3.63, 3.8) is 0 Å². The Bertz CT molecular complexity index is 1360. The number of anilines is 5. The molecular weight excluding hydrogens is 498 g/mol. The van der Waals surface area contributed by atoms with Crippen LogP contribution in [0.25, 0.3) is 0 Å². The molecule has 2 atom stereocenters. The second-order valence-electron chi connectivity index (χ2n) is 11.0. The summed E-state index contributed by atoms with van der Waals surface area (Å²) in [5.41, 5.74) is 1.50. The van der Waals surface area contributed by atoms with Gasteiger partial charge in [-0.25, -0.2) is 14.8 Å². The summed E-state index contributed by atoms with van der Waals surface area (Å²) in [6, 6.07) is 5.97. The molecule has 3 aromatic heterocycles. The van der Waals surface area contributed by atoms with Gasteiger partial charge in [0.15, 0.2) is 0 Å². The van der Waals surface area contributed by atoms with Crippen molar-refractivity contribution in [3.05, 3.63) is 42.4 Å². The van der Waals surface area contributed by atoms with Gasteiger partial charge < -0.3 is 24.6 Å². The van der Waals surface area contributed by atoms with Gasteiger partial charge in [0.05, 0.1) is 30.6 Å². The Kier molecular flexibility index (Phi) is 6.59. The third-order valence-corrected chi connectivity index (χ3v) is 7.89. The number of cyclic esters (lactones) is 1. The van der Waals surface area contributed by atoms with Crippen LogP contribution in [0.4, 0.5) is 33.9 Å². The minimum atomic E-state index is -0.382. The summed E-state index contributed by atoms with van der Waals surface area (Å²) in [4.78, 5) is 32.8. The molecule has 0 aromatic carbocycles. The van der Waals surface area contributed by atoms with Gasteiger partial charge in [0.1, 0.15) is 24.1 Å². The fraction of sp³-hybridized carbons (Fsp3) is 0.519. The topological polar surface area (TPSA) is 114 Å². The number of ether oxygens (including phenoxy) is 2. The first-order chi connectivity index (χ1) is 18.8. The number of amides is 1. The van der Waals surface area contributed by atoms with E-state index in [1.165, 1.54) is 0 Å². The van der Waals surface area contributed by atoms with E-state index in [1.54, 1.807) is 12.0 Å². The van der Waals surface area contributed by atoms with Crippen LogP contribution >= 0.6 is 0 Å². The molecule has 1 N–H and O–H groups in total. The quantitative estimate of drug-likeness (QED) is 0.484. The van der Waals surface area contributed by atoms with Gasteiger partial charge in [0.2, 0.25) is 5.95 Å². The Morgan fingerprint density at radius 2 is 1.97 bits per heavy atom. The number of piperidine rings is 1. The van der Waals surface area contributed by atoms with Crippen LogP contribution in [0.5, 0.6) is 0 Å². The SMILES string of the molecule is COCC1(C)CN(c2cccc(N3C(=O)OC[C@@H]3C)n2)c2nc(Nc3cnn(C4CCN(C)CC4)c3)ncc21. The molecule has 2 saturated heterocycles. The Balaban J connectivity index is 1.29. The molecule has 3 aliphatic heterocycles. The maximum absolute atomic E-state index is 12.3. The lowest BCUT2D eigenvalue weighted by Crippen LogP contribution is -2.34. The molecule has 12 nitrogen and oxygen atoms in total. The van der Waals surface area contributed by atoms with Gasteiger partial charge in [-0.1, -0.05) is 13.0 Å². The summed E-state index contributed by atoms with van der Waals surface area (Å²) in [5.74, 6) is 2.49. The summed E-state index contributed by atoms with van der Waals surface area (Å²) in [7, 11) is 3.86. The van der Waals surface area contributed by atoms with Gasteiger partial charge in [-0.05, 0) is 52.0 Å². The van der Waals surface area contributed by atoms with Crippen molar-refractivity contribution in [1.82, 2.24) is 29.6 Å². The monoisotopic (exact) mass is 533 g/mol. The number of carbonyl (C=O) groups excluding carboxylic acids is 1. The van der Waals surface area contributed by atoms with Gasteiger partial charge in [-0.15, -0.1) is 0 Å². The van der Waals surface area contributed by atoms with Crippen molar-refractivity contribution in [2.24, 2.45) is 0 Å². The minimum absolute atomic E-state index is 0.0848. The summed E-state index contributed by atoms with van der Waals surface area (Å²) in [6.45, 7) is 7.69. The Hall–Kier alpha value is -3.77. The van der Waals surface area contributed by atoms with E-state index >= 15 is 0 Å². The lowest BCUT2D eigenvalue weighted by atomic mass is 9.87. The first kappa shape index (κ1) is 25.5. The molecule has 1 unspecified atom stereocenters. The molecule has 6 rings (SSSR count). The second-order valence-corrected chi connectivity index (χ2v) is 11.0. The third kappa shape index (κ3) is 4.78. The van der Waals surface area contributed by atoms with Crippen LogP contribution in [0.2, 0.25) is 0 Å². The first-order valence-electron chi connectivity index (χ1n) is 13.4. The lowest BCUT2D eigenvalue weighted by molar-refractivity contribution is 0.145. The van der Waals surface area contributed by atoms with Gasteiger partial charge in [-0.3, -0.25) is 9.58 Å². The zero-order valence-corrected chi connectivity index (χ0v) is 22.9. The highest BCUT2D eigenvalue weighted by atomic mass is 16.6. The predicted octanol–water partition coefficient (Wildman–Crippen LogP) is 3.48. The lowest BCUT2D eigenvalue weighted by Gasteiger charge is -2.28. The predicted molar refractivity (Wildman–Crippen MR) is 147 cm³/mol. The average Bonchev–Trinajstić information content (AvgIpc) is 3.61. The molecule has 6 heterocycles. The summed E-state index contributed by atoms with van der Waals surface area (Å²) in [6.07, 6.45) is 7.51. The Morgan fingerprint density at radius 1 is 1.18 bits per heavy atom. The number of carbonyl (C=O) groups is 1. The van der Waals surface area contributed by atoms with Crippen LogP contribution < -0.4 is 15.1 Å². The maximum Gasteiger partial charge on any atom is 0.415 e. The van der Waals surface area contributed by atoms with Crippen molar-refractivity contribution >= 4 is 35.2 Å². The smallest absolute Gasteiger partial charge is 0.415 e. The van der Waals surface area contributed by atoms with Crippen LogP contribution in [-0.2, 0) is 14.9 Å².